The summed E-state index contributed by atoms with van der Waals surface area (Å²) in [4.78, 5) is 36.8. The molecule has 130 valence electrons. The molecule has 1 aliphatic carbocycles. The Balaban J connectivity index is 2.22. The standard InChI is InChI=1S/C17H24N4O3/c1-4-20-9-13(8-18)16(23)21(17(20)24)10-15(22)19-14-7-5-6-11(2)12(14)3/h9,11-12,14H,4-7,10H2,1-3H3,(H,19,22). The molecular weight excluding hydrogens is 308 g/mol. The minimum absolute atomic E-state index is 0.0597. The van der Waals surface area contributed by atoms with E-state index < -0.39 is 11.2 Å². The highest BCUT2D eigenvalue weighted by atomic mass is 16.2. The summed E-state index contributed by atoms with van der Waals surface area (Å²) in [6.45, 7) is 5.99. The molecule has 2 rings (SSSR count). The molecule has 24 heavy (non-hydrogen) atoms. The summed E-state index contributed by atoms with van der Waals surface area (Å²) in [6, 6.07) is 1.84. The van der Waals surface area contributed by atoms with E-state index in [0.29, 0.717) is 18.4 Å². The average Bonchev–Trinajstić information content (AvgIpc) is 2.56. The molecule has 0 saturated heterocycles. The molecule has 3 unspecified atom stereocenters. The molecule has 0 bridgehead atoms. The van der Waals surface area contributed by atoms with Gasteiger partial charge in [-0.15, -0.1) is 0 Å². The Labute approximate surface area is 140 Å². The maximum absolute atomic E-state index is 12.3. The predicted octanol–water partition coefficient (Wildman–Crippen LogP) is 0.842. The van der Waals surface area contributed by atoms with E-state index in [1.165, 1.54) is 10.8 Å². The van der Waals surface area contributed by atoms with E-state index in [2.05, 4.69) is 19.2 Å². The molecule has 1 saturated carbocycles. The summed E-state index contributed by atoms with van der Waals surface area (Å²) < 4.78 is 2.10. The van der Waals surface area contributed by atoms with Gasteiger partial charge in [-0.25, -0.2) is 9.36 Å². The molecule has 7 nitrogen and oxygen atoms in total. The molecule has 7 heteroatoms. The number of carbonyl (C=O) groups is 1. The van der Waals surface area contributed by atoms with Crippen molar-refractivity contribution in [2.24, 2.45) is 11.8 Å². The summed E-state index contributed by atoms with van der Waals surface area (Å²) in [5.41, 5.74) is -1.42. The molecule has 1 aromatic rings. The van der Waals surface area contributed by atoms with E-state index >= 15 is 0 Å². The van der Waals surface area contributed by atoms with Crippen LogP contribution in [0.5, 0.6) is 0 Å². The number of nitrogens with one attached hydrogen (secondary N) is 1. The second-order valence-electron chi connectivity index (χ2n) is 6.56. The van der Waals surface area contributed by atoms with Crippen molar-refractivity contribution in [1.82, 2.24) is 14.5 Å². The first-order chi connectivity index (χ1) is 11.4. The van der Waals surface area contributed by atoms with E-state index in [4.69, 9.17) is 5.26 Å². The summed E-state index contributed by atoms with van der Waals surface area (Å²) in [6.07, 6.45) is 4.36. The number of carbonyl (C=O) groups excluding carboxylic acids is 1. The number of hydrogen-bond donors (Lipinski definition) is 1. The van der Waals surface area contributed by atoms with Gasteiger partial charge in [-0.2, -0.15) is 5.26 Å². The third kappa shape index (κ3) is 3.58. The van der Waals surface area contributed by atoms with Gasteiger partial charge in [0.1, 0.15) is 18.2 Å². The summed E-state index contributed by atoms with van der Waals surface area (Å²) in [7, 11) is 0. The van der Waals surface area contributed by atoms with Crippen molar-refractivity contribution in [2.45, 2.75) is 59.2 Å². The third-order valence-electron chi connectivity index (χ3n) is 5.05. The van der Waals surface area contributed by atoms with E-state index in [9.17, 15) is 14.4 Å². The Bertz CT molecular complexity index is 772. The van der Waals surface area contributed by atoms with Crippen LogP contribution in [0.4, 0.5) is 0 Å². The number of nitriles is 1. The van der Waals surface area contributed by atoms with Crippen LogP contribution in [0, 0.1) is 23.2 Å². The molecule has 1 amide bonds. The molecule has 0 radical (unpaired) electrons. The highest BCUT2D eigenvalue weighted by Crippen LogP contribution is 2.29. The molecule has 1 fully saturated rings. The van der Waals surface area contributed by atoms with Gasteiger partial charge in [0, 0.05) is 18.8 Å². The second-order valence-corrected chi connectivity index (χ2v) is 6.56. The second kappa shape index (κ2) is 7.47. The average molecular weight is 332 g/mol. The summed E-state index contributed by atoms with van der Waals surface area (Å²) in [5, 5.41) is 12.0. The molecule has 0 spiro atoms. The Morgan fingerprint density at radius 3 is 2.71 bits per heavy atom. The monoisotopic (exact) mass is 332 g/mol. The van der Waals surface area contributed by atoms with Gasteiger partial charge >= 0.3 is 5.69 Å². The number of rotatable bonds is 4. The first kappa shape index (κ1) is 18.0. The zero-order valence-corrected chi connectivity index (χ0v) is 14.4. The molecule has 0 aromatic carbocycles. The Morgan fingerprint density at radius 2 is 2.08 bits per heavy atom. The molecule has 1 N–H and O–H groups in total. The number of amides is 1. The van der Waals surface area contributed by atoms with Gasteiger partial charge in [0.25, 0.3) is 5.56 Å². The minimum Gasteiger partial charge on any atom is -0.352 e. The summed E-state index contributed by atoms with van der Waals surface area (Å²) in [5.74, 6) is 0.529. The fourth-order valence-corrected chi connectivity index (χ4v) is 3.28. The van der Waals surface area contributed by atoms with Crippen LogP contribution in [0.25, 0.3) is 0 Å². The van der Waals surface area contributed by atoms with Crippen molar-refractivity contribution in [3.05, 3.63) is 32.6 Å². The van der Waals surface area contributed by atoms with Crippen molar-refractivity contribution in [1.29, 1.82) is 5.26 Å². The SMILES string of the molecule is CCn1cc(C#N)c(=O)n(CC(=O)NC2CCCC(C)C2C)c1=O. The first-order valence-corrected chi connectivity index (χ1v) is 8.42. The van der Waals surface area contributed by atoms with Gasteiger partial charge in [0.2, 0.25) is 5.91 Å². The maximum atomic E-state index is 12.3. The van der Waals surface area contributed by atoms with Crippen molar-refractivity contribution in [2.75, 3.05) is 0 Å². The van der Waals surface area contributed by atoms with Crippen LogP contribution in [0.2, 0.25) is 0 Å². The molecule has 1 aliphatic rings. The highest BCUT2D eigenvalue weighted by molar-refractivity contribution is 5.76. The first-order valence-electron chi connectivity index (χ1n) is 8.42. The highest BCUT2D eigenvalue weighted by Gasteiger charge is 2.28. The van der Waals surface area contributed by atoms with Crippen LogP contribution < -0.4 is 16.6 Å². The van der Waals surface area contributed by atoms with Crippen LogP contribution >= 0.6 is 0 Å². The van der Waals surface area contributed by atoms with E-state index in [1.807, 2.05) is 0 Å². The van der Waals surface area contributed by atoms with E-state index in [0.717, 1.165) is 23.8 Å². The van der Waals surface area contributed by atoms with Gasteiger partial charge in [-0.05, 0) is 25.2 Å². The van der Waals surface area contributed by atoms with Crippen LogP contribution in [0.1, 0.15) is 45.6 Å². The van der Waals surface area contributed by atoms with Gasteiger partial charge in [-0.1, -0.05) is 26.7 Å². The predicted molar refractivity (Wildman–Crippen MR) is 89.5 cm³/mol. The van der Waals surface area contributed by atoms with Crippen molar-refractivity contribution in [3.63, 3.8) is 0 Å². The van der Waals surface area contributed by atoms with Crippen molar-refractivity contribution >= 4 is 5.91 Å². The van der Waals surface area contributed by atoms with Crippen LogP contribution in [0.3, 0.4) is 0 Å². The minimum atomic E-state index is -0.715. The van der Waals surface area contributed by atoms with Gasteiger partial charge in [0.05, 0.1) is 0 Å². The smallest absolute Gasteiger partial charge is 0.331 e. The lowest BCUT2D eigenvalue weighted by Gasteiger charge is -2.34. The number of hydrogen-bond acceptors (Lipinski definition) is 4. The fourth-order valence-electron chi connectivity index (χ4n) is 3.28. The Morgan fingerprint density at radius 1 is 1.38 bits per heavy atom. The maximum Gasteiger partial charge on any atom is 0.331 e. The fraction of sp³-hybridized carbons (Fsp3) is 0.647. The van der Waals surface area contributed by atoms with Crippen molar-refractivity contribution in [3.8, 4) is 6.07 Å². The number of aromatic nitrogens is 2. The van der Waals surface area contributed by atoms with Gasteiger partial charge in [0.15, 0.2) is 0 Å². The number of nitrogens with zero attached hydrogens (tertiary/aromatic N) is 3. The zero-order chi connectivity index (χ0) is 17.9. The lowest BCUT2D eigenvalue weighted by Crippen LogP contribution is -2.48. The van der Waals surface area contributed by atoms with Gasteiger partial charge in [-0.3, -0.25) is 14.2 Å². The Kier molecular flexibility index (Phi) is 5.60. The largest absolute Gasteiger partial charge is 0.352 e. The normalized spacial score (nSPS) is 23.5. The zero-order valence-electron chi connectivity index (χ0n) is 14.4. The van der Waals surface area contributed by atoms with Crippen molar-refractivity contribution < 1.29 is 4.79 Å². The van der Waals surface area contributed by atoms with E-state index in [1.54, 1.807) is 13.0 Å². The van der Waals surface area contributed by atoms with Crippen LogP contribution in [-0.4, -0.2) is 21.1 Å². The topological polar surface area (TPSA) is 96.9 Å². The Hall–Kier alpha value is -2.36. The van der Waals surface area contributed by atoms with E-state index in [-0.39, 0.29) is 24.1 Å². The molecule has 0 aliphatic heterocycles. The summed E-state index contributed by atoms with van der Waals surface area (Å²) >= 11 is 0. The van der Waals surface area contributed by atoms with Crippen LogP contribution in [-0.2, 0) is 17.9 Å². The molecule has 3 atom stereocenters. The molecule has 1 aromatic heterocycles. The lowest BCUT2D eigenvalue weighted by atomic mass is 9.78. The van der Waals surface area contributed by atoms with Gasteiger partial charge < -0.3 is 5.32 Å². The quantitative estimate of drug-likeness (QED) is 0.883. The molecular formula is C17H24N4O3. The third-order valence-corrected chi connectivity index (χ3v) is 5.05. The van der Waals surface area contributed by atoms with Crippen LogP contribution in [0.15, 0.2) is 15.8 Å². The number of aryl methyl sites for hydroxylation is 1. The molecule has 1 heterocycles. The lowest BCUT2D eigenvalue weighted by molar-refractivity contribution is -0.123.